The van der Waals surface area contributed by atoms with Crippen molar-refractivity contribution in [2.24, 2.45) is 0 Å². The monoisotopic (exact) mass is 415 g/mol. The van der Waals surface area contributed by atoms with Gasteiger partial charge in [0.2, 0.25) is 5.91 Å². The molecule has 1 amide bonds. The quantitative estimate of drug-likeness (QED) is 0.484. The first-order valence-corrected chi connectivity index (χ1v) is 10.8. The molecule has 0 bridgehead atoms. The van der Waals surface area contributed by atoms with Gasteiger partial charge in [-0.3, -0.25) is 4.79 Å². The number of thioether (sulfide) groups is 1. The Balaban J connectivity index is 1.51. The fourth-order valence-corrected chi connectivity index (χ4v) is 4.94. The Hall–Kier alpha value is -2.23. The number of carbonyl (C=O) groups excluding carboxylic acids is 1. The number of thiophene rings is 1. The first kappa shape index (κ1) is 19.1. The van der Waals surface area contributed by atoms with Gasteiger partial charge in [0.05, 0.1) is 23.3 Å². The topological polar surface area (TPSA) is 103 Å². The lowest BCUT2D eigenvalue weighted by molar-refractivity contribution is -0.113. The fraction of sp³-hybridized carbons (Fsp3) is 0.368. The van der Waals surface area contributed by atoms with Gasteiger partial charge < -0.3 is 15.8 Å². The predicted octanol–water partition coefficient (Wildman–Crippen LogP) is 3.64. The van der Waals surface area contributed by atoms with Crippen LogP contribution in [-0.4, -0.2) is 32.2 Å². The molecule has 0 radical (unpaired) electrons. The molecule has 0 unspecified atom stereocenters. The lowest BCUT2D eigenvalue weighted by atomic mass is 9.90. The summed E-state index contributed by atoms with van der Waals surface area (Å²) in [6, 6.07) is 5.36. The van der Waals surface area contributed by atoms with Crippen molar-refractivity contribution in [3.63, 3.8) is 0 Å². The highest BCUT2D eigenvalue weighted by Crippen LogP contribution is 2.41. The lowest BCUT2D eigenvalue weighted by Crippen LogP contribution is -2.33. The maximum atomic E-state index is 12.1. The summed E-state index contributed by atoms with van der Waals surface area (Å²) in [7, 11) is 0. The standard InChI is InChI=1S/C19H21N5O2S2/c1-3-19(2)8-11-12(9-26-19)28-17-15(11)16(20)23-18(24-17)27-10-14(25)22-13-6-4-5-7-21-13/h4-7H,3,8-10H2,1-2H3,(H2,20,23,24)(H,21,22,25)/t19-/m1/s1. The van der Waals surface area contributed by atoms with E-state index < -0.39 is 0 Å². The number of anilines is 2. The van der Waals surface area contributed by atoms with Crippen LogP contribution in [0.5, 0.6) is 0 Å². The molecule has 0 aromatic carbocycles. The van der Waals surface area contributed by atoms with E-state index in [4.69, 9.17) is 10.5 Å². The number of hydrogen-bond acceptors (Lipinski definition) is 8. The average Bonchev–Trinajstić information content (AvgIpc) is 3.05. The van der Waals surface area contributed by atoms with Crippen molar-refractivity contribution in [2.75, 3.05) is 16.8 Å². The van der Waals surface area contributed by atoms with Crippen LogP contribution in [0.4, 0.5) is 11.6 Å². The van der Waals surface area contributed by atoms with Gasteiger partial charge in [0, 0.05) is 17.5 Å². The molecule has 3 N–H and O–H groups in total. The largest absolute Gasteiger partial charge is 0.383 e. The molecule has 3 aromatic rings. The molecule has 28 heavy (non-hydrogen) atoms. The average molecular weight is 416 g/mol. The Morgan fingerprint density at radius 1 is 1.43 bits per heavy atom. The molecule has 7 nitrogen and oxygen atoms in total. The molecule has 146 valence electrons. The summed E-state index contributed by atoms with van der Waals surface area (Å²) in [6.07, 6.45) is 3.38. The molecule has 0 aliphatic carbocycles. The second-order valence-electron chi connectivity index (χ2n) is 6.90. The van der Waals surface area contributed by atoms with Gasteiger partial charge >= 0.3 is 0 Å². The van der Waals surface area contributed by atoms with Crippen molar-refractivity contribution in [1.29, 1.82) is 0 Å². The Morgan fingerprint density at radius 2 is 2.29 bits per heavy atom. The van der Waals surface area contributed by atoms with E-state index in [0.29, 0.717) is 23.4 Å². The van der Waals surface area contributed by atoms with E-state index in [9.17, 15) is 4.79 Å². The number of fused-ring (bicyclic) bond motifs is 3. The molecule has 1 aliphatic rings. The zero-order valence-electron chi connectivity index (χ0n) is 15.7. The smallest absolute Gasteiger partial charge is 0.236 e. The van der Waals surface area contributed by atoms with E-state index >= 15 is 0 Å². The molecule has 0 spiro atoms. The van der Waals surface area contributed by atoms with Crippen molar-refractivity contribution in [3.05, 3.63) is 34.8 Å². The van der Waals surface area contributed by atoms with Crippen LogP contribution >= 0.6 is 23.1 Å². The molecule has 4 rings (SSSR count). The lowest BCUT2D eigenvalue weighted by Gasteiger charge is -2.33. The van der Waals surface area contributed by atoms with Gasteiger partial charge in [-0.2, -0.15) is 0 Å². The third-order valence-electron chi connectivity index (χ3n) is 4.86. The summed E-state index contributed by atoms with van der Waals surface area (Å²) < 4.78 is 6.03. The van der Waals surface area contributed by atoms with E-state index in [1.807, 2.05) is 6.07 Å². The second kappa shape index (κ2) is 7.65. The van der Waals surface area contributed by atoms with E-state index in [1.54, 1.807) is 29.7 Å². The van der Waals surface area contributed by atoms with Crippen LogP contribution in [0.3, 0.4) is 0 Å². The molecule has 1 atom stereocenters. The summed E-state index contributed by atoms with van der Waals surface area (Å²) in [4.78, 5) is 27.3. The van der Waals surface area contributed by atoms with E-state index in [1.165, 1.54) is 17.3 Å². The van der Waals surface area contributed by atoms with Crippen LogP contribution in [0.25, 0.3) is 10.2 Å². The molecule has 0 saturated heterocycles. The number of hydrogen-bond donors (Lipinski definition) is 2. The van der Waals surface area contributed by atoms with E-state index in [0.717, 1.165) is 27.9 Å². The Bertz CT molecular complexity index is 1020. The first-order valence-electron chi connectivity index (χ1n) is 9.03. The van der Waals surface area contributed by atoms with Crippen molar-refractivity contribution < 1.29 is 9.53 Å². The number of pyridine rings is 1. The first-order chi connectivity index (χ1) is 13.5. The van der Waals surface area contributed by atoms with Gasteiger partial charge in [-0.1, -0.05) is 24.8 Å². The maximum Gasteiger partial charge on any atom is 0.236 e. The van der Waals surface area contributed by atoms with Gasteiger partial charge in [0.1, 0.15) is 16.5 Å². The number of ether oxygens (including phenoxy) is 1. The number of nitrogen functional groups attached to an aromatic ring is 1. The van der Waals surface area contributed by atoms with Crippen LogP contribution in [0.1, 0.15) is 30.7 Å². The fourth-order valence-electron chi connectivity index (χ4n) is 3.12. The Morgan fingerprint density at radius 3 is 3.04 bits per heavy atom. The predicted molar refractivity (Wildman–Crippen MR) is 113 cm³/mol. The number of amides is 1. The van der Waals surface area contributed by atoms with Gasteiger partial charge in [-0.15, -0.1) is 11.3 Å². The number of rotatable bonds is 5. The summed E-state index contributed by atoms with van der Waals surface area (Å²) >= 11 is 2.86. The number of nitrogens with one attached hydrogen (secondary N) is 1. The maximum absolute atomic E-state index is 12.1. The Labute approximate surface area is 171 Å². The SMILES string of the molecule is CC[C@]1(C)Cc2c(sc3nc(SCC(=O)Nc4ccccn4)nc(N)c23)CO1. The third-order valence-corrected chi connectivity index (χ3v) is 6.80. The molecular weight excluding hydrogens is 394 g/mol. The summed E-state index contributed by atoms with van der Waals surface area (Å²) in [5, 5.41) is 4.18. The highest BCUT2D eigenvalue weighted by atomic mass is 32.2. The normalized spacial score (nSPS) is 18.8. The highest BCUT2D eigenvalue weighted by Gasteiger charge is 2.33. The van der Waals surface area contributed by atoms with Crippen LogP contribution < -0.4 is 11.1 Å². The van der Waals surface area contributed by atoms with Crippen LogP contribution in [-0.2, 0) is 22.6 Å². The Kier molecular flexibility index (Phi) is 5.22. The number of nitrogens with two attached hydrogens (primary N) is 1. The number of nitrogens with zero attached hydrogens (tertiary/aromatic N) is 3. The van der Waals surface area contributed by atoms with Gasteiger partial charge in [-0.05, 0) is 31.0 Å². The van der Waals surface area contributed by atoms with Crippen molar-refractivity contribution >= 4 is 50.9 Å². The molecule has 0 fully saturated rings. The zero-order chi connectivity index (χ0) is 19.7. The van der Waals surface area contributed by atoms with E-state index in [-0.39, 0.29) is 17.3 Å². The minimum atomic E-state index is -0.176. The van der Waals surface area contributed by atoms with Crippen molar-refractivity contribution in [1.82, 2.24) is 15.0 Å². The van der Waals surface area contributed by atoms with Crippen LogP contribution in [0, 0.1) is 0 Å². The summed E-state index contributed by atoms with van der Waals surface area (Å²) in [6.45, 7) is 4.83. The van der Waals surface area contributed by atoms with Crippen molar-refractivity contribution in [2.45, 2.75) is 44.1 Å². The molecule has 4 heterocycles. The zero-order valence-corrected chi connectivity index (χ0v) is 17.3. The highest BCUT2D eigenvalue weighted by molar-refractivity contribution is 7.99. The van der Waals surface area contributed by atoms with Gasteiger partial charge in [-0.25, -0.2) is 15.0 Å². The molecule has 3 aromatic heterocycles. The van der Waals surface area contributed by atoms with Crippen LogP contribution in [0.15, 0.2) is 29.6 Å². The number of carbonyl (C=O) groups is 1. The van der Waals surface area contributed by atoms with Crippen molar-refractivity contribution in [3.8, 4) is 0 Å². The van der Waals surface area contributed by atoms with Gasteiger partial charge in [0.15, 0.2) is 5.16 Å². The minimum absolute atomic E-state index is 0.163. The molecular formula is C19H21N5O2S2. The van der Waals surface area contributed by atoms with E-state index in [2.05, 4.69) is 34.1 Å². The molecule has 1 aliphatic heterocycles. The van der Waals surface area contributed by atoms with Crippen LogP contribution in [0.2, 0.25) is 0 Å². The molecule has 9 heteroatoms. The second-order valence-corrected chi connectivity index (χ2v) is 8.92. The minimum Gasteiger partial charge on any atom is -0.383 e. The molecule has 0 saturated carbocycles. The third kappa shape index (κ3) is 3.82. The summed E-state index contributed by atoms with van der Waals surface area (Å²) in [5.74, 6) is 1.01. The number of aromatic nitrogens is 3. The van der Waals surface area contributed by atoms with Gasteiger partial charge in [0.25, 0.3) is 0 Å². The summed E-state index contributed by atoms with van der Waals surface area (Å²) in [5.41, 5.74) is 7.31.